The van der Waals surface area contributed by atoms with E-state index < -0.39 is 0 Å². The van der Waals surface area contributed by atoms with E-state index in [0.717, 1.165) is 45.8 Å². The topological polar surface area (TPSA) is 88.4 Å². The van der Waals surface area contributed by atoms with Crippen molar-refractivity contribution in [2.45, 2.75) is 46.2 Å². The Balaban J connectivity index is 1.87. The van der Waals surface area contributed by atoms with Gasteiger partial charge < -0.3 is 25.6 Å². The van der Waals surface area contributed by atoms with Crippen LogP contribution in [0.15, 0.2) is 0 Å². The van der Waals surface area contributed by atoms with Crippen LogP contribution in [0.4, 0.5) is 17.8 Å². The lowest BCUT2D eigenvalue weighted by atomic mass is 10.3. The van der Waals surface area contributed by atoms with Crippen LogP contribution in [0.5, 0.6) is 0 Å². The quantitative estimate of drug-likeness (QED) is 0.479. The Hall–Kier alpha value is -1.67. The molecule has 8 heteroatoms. The minimum absolute atomic E-state index is 0.275. The van der Waals surface area contributed by atoms with Gasteiger partial charge in [0.15, 0.2) is 0 Å². The standard InChI is InChI=1S/C16H31N7O/c1-12(2)18-15-20-14(21-16(22-15)19-13(3)4)17-6-5-7-23-8-10-24-11-9-23/h12-13H,5-11H2,1-4H3,(H3,17,18,19,20,21,22)/p+1. The van der Waals surface area contributed by atoms with E-state index in [0.29, 0.717) is 17.8 Å². The number of morpholine rings is 1. The maximum atomic E-state index is 5.39. The molecule has 0 amide bonds. The van der Waals surface area contributed by atoms with E-state index in [2.05, 4.69) is 58.6 Å². The van der Waals surface area contributed by atoms with E-state index in [1.807, 2.05) is 0 Å². The maximum Gasteiger partial charge on any atom is 0.229 e. The molecule has 24 heavy (non-hydrogen) atoms. The van der Waals surface area contributed by atoms with Gasteiger partial charge in [0, 0.05) is 25.0 Å². The molecule has 1 aromatic heterocycles. The van der Waals surface area contributed by atoms with Gasteiger partial charge in [-0.1, -0.05) is 0 Å². The highest BCUT2D eigenvalue weighted by Gasteiger charge is 2.13. The minimum atomic E-state index is 0.275. The zero-order valence-corrected chi connectivity index (χ0v) is 15.4. The van der Waals surface area contributed by atoms with Crippen LogP contribution >= 0.6 is 0 Å². The van der Waals surface area contributed by atoms with Gasteiger partial charge in [-0.3, -0.25) is 0 Å². The Morgan fingerprint density at radius 1 is 0.917 bits per heavy atom. The van der Waals surface area contributed by atoms with Gasteiger partial charge in [-0.25, -0.2) is 0 Å². The van der Waals surface area contributed by atoms with Crippen molar-refractivity contribution in [2.75, 3.05) is 55.3 Å². The monoisotopic (exact) mass is 338 g/mol. The third-order valence-electron chi connectivity index (χ3n) is 3.66. The first-order valence-electron chi connectivity index (χ1n) is 8.97. The molecule has 0 atom stereocenters. The van der Waals surface area contributed by atoms with E-state index in [4.69, 9.17) is 4.74 Å². The number of nitrogens with zero attached hydrogens (tertiary/aromatic N) is 3. The Kier molecular flexibility index (Phi) is 7.45. The molecule has 8 nitrogen and oxygen atoms in total. The van der Waals surface area contributed by atoms with E-state index in [-0.39, 0.29) is 12.1 Å². The molecule has 2 heterocycles. The lowest BCUT2D eigenvalue weighted by Crippen LogP contribution is -3.14. The SMILES string of the molecule is CC(C)Nc1nc(NCCC[NH+]2CCOCC2)nc(NC(C)C)n1. The molecule has 0 aromatic carbocycles. The highest BCUT2D eigenvalue weighted by molar-refractivity contribution is 5.42. The van der Waals surface area contributed by atoms with Crippen molar-refractivity contribution in [2.24, 2.45) is 0 Å². The van der Waals surface area contributed by atoms with Crippen LogP contribution in [-0.4, -0.2) is 66.4 Å². The minimum Gasteiger partial charge on any atom is -0.370 e. The molecule has 1 fully saturated rings. The summed E-state index contributed by atoms with van der Waals surface area (Å²) in [5.41, 5.74) is 0. The molecule has 0 saturated carbocycles. The highest BCUT2D eigenvalue weighted by atomic mass is 16.5. The van der Waals surface area contributed by atoms with Crippen molar-refractivity contribution >= 4 is 17.8 Å². The molecular weight excluding hydrogens is 306 g/mol. The van der Waals surface area contributed by atoms with Gasteiger partial charge in [0.25, 0.3) is 0 Å². The molecule has 0 spiro atoms. The van der Waals surface area contributed by atoms with Crippen molar-refractivity contribution in [1.82, 2.24) is 15.0 Å². The van der Waals surface area contributed by atoms with Gasteiger partial charge in [-0.2, -0.15) is 15.0 Å². The summed E-state index contributed by atoms with van der Waals surface area (Å²) in [5.74, 6) is 1.82. The van der Waals surface area contributed by atoms with Crippen molar-refractivity contribution in [3.05, 3.63) is 0 Å². The maximum absolute atomic E-state index is 5.39. The zero-order valence-electron chi connectivity index (χ0n) is 15.4. The predicted octanol–water partition coefficient (Wildman–Crippen LogP) is 0.229. The molecule has 0 aliphatic carbocycles. The molecule has 136 valence electrons. The molecule has 1 aromatic rings. The molecule has 0 radical (unpaired) electrons. The number of quaternary nitrogens is 1. The van der Waals surface area contributed by atoms with Crippen molar-refractivity contribution in [1.29, 1.82) is 0 Å². The zero-order chi connectivity index (χ0) is 17.4. The number of rotatable bonds is 9. The Bertz CT molecular complexity index is 461. The second kappa shape index (κ2) is 9.58. The van der Waals surface area contributed by atoms with Crippen molar-refractivity contribution in [3.8, 4) is 0 Å². The van der Waals surface area contributed by atoms with Gasteiger partial charge in [0.1, 0.15) is 13.1 Å². The van der Waals surface area contributed by atoms with Crippen LogP contribution < -0.4 is 20.9 Å². The summed E-state index contributed by atoms with van der Waals surface area (Å²) in [6.45, 7) is 14.2. The van der Waals surface area contributed by atoms with Gasteiger partial charge in [-0.05, 0) is 27.7 Å². The smallest absolute Gasteiger partial charge is 0.229 e. The highest BCUT2D eigenvalue weighted by Crippen LogP contribution is 2.11. The number of nitrogens with one attached hydrogen (secondary N) is 4. The molecular formula is C16H32N7O+. The van der Waals surface area contributed by atoms with Gasteiger partial charge >= 0.3 is 0 Å². The average molecular weight is 338 g/mol. The third-order valence-corrected chi connectivity index (χ3v) is 3.66. The van der Waals surface area contributed by atoms with Gasteiger partial charge in [-0.15, -0.1) is 0 Å². The second-order valence-electron chi connectivity index (χ2n) is 6.80. The number of hydrogen-bond donors (Lipinski definition) is 4. The van der Waals surface area contributed by atoms with Crippen LogP contribution in [0.1, 0.15) is 34.1 Å². The summed E-state index contributed by atoms with van der Waals surface area (Å²) in [5, 5.41) is 9.81. The first-order chi connectivity index (χ1) is 11.5. The summed E-state index contributed by atoms with van der Waals surface area (Å²) < 4.78 is 5.39. The van der Waals surface area contributed by atoms with E-state index in [9.17, 15) is 0 Å². The third kappa shape index (κ3) is 6.84. The lowest BCUT2D eigenvalue weighted by molar-refractivity contribution is -0.908. The second-order valence-corrected chi connectivity index (χ2v) is 6.80. The van der Waals surface area contributed by atoms with Crippen LogP contribution in [0.3, 0.4) is 0 Å². The van der Waals surface area contributed by atoms with Gasteiger partial charge in [0.2, 0.25) is 17.8 Å². The summed E-state index contributed by atoms with van der Waals surface area (Å²) in [6, 6.07) is 0.550. The van der Waals surface area contributed by atoms with Crippen molar-refractivity contribution < 1.29 is 9.64 Å². The molecule has 1 saturated heterocycles. The number of anilines is 3. The molecule has 2 rings (SSSR count). The van der Waals surface area contributed by atoms with E-state index in [1.54, 1.807) is 4.90 Å². The summed E-state index contributed by atoms with van der Waals surface area (Å²) in [4.78, 5) is 14.9. The normalized spacial score (nSPS) is 15.8. The first kappa shape index (κ1) is 18.7. The Morgan fingerprint density at radius 3 is 2.00 bits per heavy atom. The fraction of sp³-hybridized carbons (Fsp3) is 0.812. The van der Waals surface area contributed by atoms with Crippen LogP contribution in [0.2, 0.25) is 0 Å². The average Bonchev–Trinajstić information content (AvgIpc) is 2.51. The fourth-order valence-electron chi connectivity index (χ4n) is 2.55. The van der Waals surface area contributed by atoms with Crippen LogP contribution in [-0.2, 0) is 4.74 Å². The molecule has 1 aliphatic rings. The number of aromatic nitrogens is 3. The van der Waals surface area contributed by atoms with Crippen LogP contribution in [0.25, 0.3) is 0 Å². The number of hydrogen-bond acceptors (Lipinski definition) is 7. The Morgan fingerprint density at radius 2 is 1.46 bits per heavy atom. The fourth-order valence-corrected chi connectivity index (χ4v) is 2.55. The van der Waals surface area contributed by atoms with Crippen molar-refractivity contribution in [3.63, 3.8) is 0 Å². The molecule has 0 bridgehead atoms. The lowest BCUT2D eigenvalue weighted by Gasteiger charge is -2.23. The molecule has 1 aliphatic heterocycles. The van der Waals surface area contributed by atoms with Gasteiger partial charge in [0.05, 0.1) is 19.8 Å². The number of ether oxygens (including phenoxy) is 1. The van der Waals surface area contributed by atoms with E-state index in [1.165, 1.54) is 0 Å². The summed E-state index contributed by atoms with van der Waals surface area (Å²) in [6.07, 6.45) is 1.08. The molecule has 4 N–H and O–H groups in total. The predicted molar refractivity (Wildman–Crippen MR) is 96.8 cm³/mol. The summed E-state index contributed by atoms with van der Waals surface area (Å²) >= 11 is 0. The van der Waals surface area contributed by atoms with E-state index >= 15 is 0 Å². The van der Waals surface area contributed by atoms with Crippen LogP contribution in [0, 0.1) is 0 Å². The summed E-state index contributed by atoms with van der Waals surface area (Å²) in [7, 11) is 0. The largest absolute Gasteiger partial charge is 0.370 e. The first-order valence-corrected chi connectivity index (χ1v) is 8.97. The Labute approximate surface area is 144 Å². The molecule has 0 unspecified atom stereocenters.